The number of amides is 3. The van der Waals surface area contributed by atoms with Crippen LogP contribution in [0, 0.1) is 11.3 Å². The van der Waals surface area contributed by atoms with Crippen LogP contribution in [-0.2, 0) is 61.0 Å². The van der Waals surface area contributed by atoms with Crippen LogP contribution >= 0.6 is 0 Å². The minimum atomic E-state index is -4.06. The normalized spacial score (nSPS) is 17.7. The van der Waals surface area contributed by atoms with E-state index in [1.165, 1.54) is 33.5 Å². The zero-order chi connectivity index (χ0) is 58.7. The van der Waals surface area contributed by atoms with E-state index in [4.69, 9.17) is 38.9 Å². The number of hydrogen-bond donors (Lipinski definition) is 4. The number of ketones is 1. The first kappa shape index (κ1) is 63.4. The molecule has 0 aromatic heterocycles. The van der Waals surface area contributed by atoms with Crippen molar-refractivity contribution < 1.29 is 70.7 Å². The molecule has 5 N–H and O–H groups in total. The maximum Gasteiger partial charge on any atom is 0.407 e. The van der Waals surface area contributed by atoms with Crippen molar-refractivity contribution in [3.05, 3.63) is 114 Å². The number of nitrogens with one attached hydrogen (secondary N) is 2. The van der Waals surface area contributed by atoms with E-state index in [2.05, 4.69) is 10.6 Å². The van der Waals surface area contributed by atoms with Crippen molar-refractivity contribution >= 4 is 45.4 Å². The van der Waals surface area contributed by atoms with Gasteiger partial charge in [0.15, 0.2) is 11.5 Å². The molecule has 4 aromatic rings. The molecule has 0 radical (unpaired) electrons. The van der Waals surface area contributed by atoms with Crippen molar-refractivity contribution in [2.75, 3.05) is 72.6 Å². The summed E-state index contributed by atoms with van der Waals surface area (Å²) >= 11 is 0. The van der Waals surface area contributed by atoms with Gasteiger partial charge in [0.1, 0.15) is 43.3 Å². The summed E-state index contributed by atoms with van der Waals surface area (Å²) in [7, 11) is -0.945. The quantitative estimate of drug-likeness (QED) is 0.0185. The van der Waals surface area contributed by atoms with E-state index in [1.807, 2.05) is 69.3 Å². The molecule has 0 saturated carbocycles. The Kier molecular flexibility index (Phi) is 23.7. The molecule has 1 unspecified atom stereocenters. The Morgan fingerprint density at radius 1 is 0.889 bits per heavy atom. The molecular weight excluding hydrogens is 1060 g/mol. The van der Waals surface area contributed by atoms with E-state index in [1.54, 1.807) is 52.3 Å². The van der Waals surface area contributed by atoms with Gasteiger partial charge in [-0.2, -0.15) is 4.31 Å². The number of aliphatic hydroxyl groups is 1. The van der Waals surface area contributed by atoms with E-state index in [-0.39, 0.29) is 69.8 Å². The minimum Gasteiger partial charge on any atom is -0.493 e. The van der Waals surface area contributed by atoms with Crippen molar-refractivity contribution in [3.63, 3.8) is 0 Å². The molecule has 20 nitrogen and oxygen atoms in total. The van der Waals surface area contributed by atoms with Crippen LogP contribution in [0.2, 0.25) is 0 Å². The van der Waals surface area contributed by atoms with Crippen molar-refractivity contribution in [3.8, 4) is 17.2 Å². The van der Waals surface area contributed by atoms with Crippen LogP contribution < -0.4 is 30.6 Å². The van der Waals surface area contributed by atoms with Crippen LogP contribution in [0.3, 0.4) is 0 Å². The summed E-state index contributed by atoms with van der Waals surface area (Å²) in [6, 6.07) is 25.8. The Morgan fingerprint density at radius 3 is 2.33 bits per heavy atom. The number of hydrogen-bond acceptors (Lipinski definition) is 16. The smallest absolute Gasteiger partial charge is 0.407 e. The van der Waals surface area contributed by atoms with Crippen molar-refractivity contribution in [2.24, 2.45) is 11.3 Å². The summed E-state index contributed by atoms with van der Waals surface area (Å²) in [5.41, 5.74) is 7.69. The highest BCUT2D eigenvalue weighted by atomic mass is 32.2. The molecular formula is C60H81N5O15S. The summed E-state index contributed by atoms with van der Waals surface area (Å²) in [6.45, 7) is 9.18. The van der Waals surface area contributed by atoms with Gasteiger partial charge < -0.3 is 59.5 Å². The van der Waals surface area contributed by atoms with Gasteiger partial charge in [0.05, 0.1) is 51.0 Å². The lowest BCUT2D eigenvalue weighted by Crippen LogP contribution is -2.53. The van der Waals surface area contributed by atoms with Gasteiger partial charge in [-0.1, -0.05) is 83.1 Å². The lowest BCUT2D eigenvalue weighted by Gasteiger charge is -2.36. The van der Waals surface area contributed by atoms with Crippen molar-refractivity contribution in [1.82, 2.24) is 19.8 Å². The number of Topliss-reactive ketones (excluding diaryl/α,β-unsaturated/α-hetero) is 1. The standard InChI is InChI=1S/C60H81N5O15S/c1-8-60(4,5)56(68)57(69)65-30-13-12-19-48(65)58(70)79-50(26-20-42-21-27-51(74-6)53(34-42)75-7)43-17-14-18-45(35-43)77-32-29-62-55(67)39-76-38-54-52(28-31-78-54)80-59(71)63-47(33-41-15-10-9-11-16-41)49(66)37-64(36-40(2)3)81(72,73)46-24-22-44(61)23-25-46/h9-11,14-18,21-25,27,34-35,40,47-50,52,54,66H,8,12-13,19-20,26,28-33,36-39,61H2,1-7H3,(H,62,67)(H,63,71)/t47-,48-,49+,50+,52?,54+/m0/s1. The number of anilines is 1. The van der Waals surface area contributed by atoms with Gasteiger partial charge in [0.25, 0.3) is 5.91 Å². The molecule has 2 heterocycles. The fourth-order valence-electron chi connectivity index (χ4n) is 9.53. The Bertz CT molecular complexity index is 2820. The first-order chi connectivity index (χ1) is 38.7. The first-order valence-corrected chi connectivity index (χ1v) is 29.2. The number of likely N-dealkylation sites (tertiary alicyclic amines) is 1. The first-order valence-electron chi connectivity index (χ1n) is 27.7. The third kappa shape index (κ3) is 18.4. The van der Waals surface area contributed by atoms with E-state index < -0.39 is 81.6 Å². The van der Waals surface area contributed by atoms with Crippen LogP contribution in [0.1, 0.15) is 95.9 Å². The maximum absolute atomic E-state index is 14.1. The Morgan fingerprint density at radius 2 is 1.63 bits per heavy atom. The maximum atomic E-state index is 14.1. The SMILES string of the molecule is CCC(C)(C)C(=O)C(=O)N1CCCC[C@H]1C(=O)O[C@H](CCc1ccc(OC)c(OC)c1)c1cccc(OCCNC(=O)COC[C@H]2OCCC2OC(=O)N[C@@H](Cc2ccccc2)[C@H](O)CN(CC(C)C)S(=O)(=O)c2ccc(N)cc2)c1. The molecule has 2 saturated heterocycles. The summed E-state index contributed by atoms with van der Waals surface area (Å²) in [5.74, 6) is -0.746. The molecule has 2 aliphatic rings. The number of ether oxygens (including phenoxy) is 7. The number of aliphatic hydroxyl groups excluding tert-OH is 1. The minimum absolute atomic E-state index is 0.0242. The molecule has 6 atom stereocenters. The lowest BCUT2D eigenvalue weighted by atomic mass is 9.84. The largest absolute Gasteiger partial charge is 0.493 e. The molecule has 2 fully saturated rings. The lowest BCUT2D eigenvalue weighted by molar-refractivity contribution is -0.164. The third-order valence-corrected chi connectivity index (χ3v) is 16.4. The predicted molar refractivity (Wildman–Crippen MR) is 303 cm³/mol. The molecule has 81 heavy (non-hydrogen) atoms. The molecule has 442 valence electrons. The summed E-state index contributed by atoms with van der Waals surface area (Å²) in [5, 5.41) is 17.2. The van der Waals surface area contributed by atoms with Crippen molar-refractivity contribution in [1.29, 1.82) is 0 Å². The molecule has 2 aliphatic heterocycles. The molecule has 6 rings (SSSR count). The van der Waals surface area contributed by atoms with Gasteiger partial charge in [-0.15, -0.1) is 0 Å². The van der Waals surface area contributed by atoms with Crippen LogP contribution in [0.4, 0.5) is 10.5 Å². The van der Waals surface area contributed by atoms with Gasteiger partial charge in [-0.25, -0.2) is 18.0 Å². The number of rotatable bonds is 30. The van der Waals surface area contributed by atoms with Gasteiger partial charge in [0.2, 0.25) is 21.7 Å². The highest BCUT2D eigenvalue weighted by molar-refractivity contribution is 7.89. The number of nitrogens with two attached hydrogens (primary N) is 1. The summed E-state index contributed by atoms with van der Waals surface area (Å²) < 4.78 is 69.5. The van der Waals surface area contributed by atoms with Gasteiger partial charge in [-0.05, 0) is 116 Å². The number of piperidine rings is 1. The number of aryl methyl sites for hydroxylation is 1. The summed E-state index contributed by atoms with van der Waals surface area (Å²) in [6.07, 6.45) is -0.858. The van der Waals surface area contributed by atoms with E-state index in [9.17, 15) is 37.5 Å². The second kappa shape index (κ2) is 30.3. The highest BCUT2D eigenvalue weighted by Crippen LogP contribution is 2.33. The third-order valence-electron chi connectivity index (χ3n) is 14.5. The van der Waals surface area contributed by atoms with Crippen LogP contribution in [0.15, 0.2) is 102 Å². The van der Waals surface area contributed by atoms with Crippen LogP contribution in [-0.4, -0.2) is 150 Å². The number of carbonyl (C=O) groups excluding carboxylic acids is 5. The Hall–Kier alpha value is -6.78. The molecule has 0 aliphatic carbocycles. The molecule has 0 spiro atoms. The summed E-state index contributed by atoms with van der Waals surface area (Å²) in [4.78, 5) is 68.9. The number of alkyl carbamates (subject to hydrolysis) is 1. The number of esters is 1. The number of nitrogen functional groups attached to an aromatic ring is 1. The predicted octanol–water partition coefficient (Wildman–Crippen LogP) is 6.60. The van der Waals surface area contributed by atoms with E-state index in [0.29, 0.717) is 73.4 Å². The Labute approximate surface area is 476 Å². The number of nitrogens with zero attached hydrogens (tertiary/aromatic N) is 2. The second-order valence-electron chi connectivity index (χ2n) is 21.5. The fraction of sp³-hybridized carbons (Fsp3) is 0.517. The zero-order valence-electron chi connectivity index (χ0n) is 47.6. The van der Waals surface area contributed by atoms with Crippen LogP contribution in [0.25, 0.3) is 0 Å². The number of carbonyl (C=O) groups is 5. The second-order valence-corrected chi connectivity index (χ2v) is 23.4. The average Bonchev–Trinajstić information content (AvgIpc) is 3.93. The average molecular weight is 1140 g/mol. The molecule has 4 aromatic carbocycles. The highest BCUT2D eigenvalue weighted by Gasteiger charge is 2.42. The Balaban J connectivity index is 1.01. The van der Waals surface area contributed by atoms with Crippen LogP contribution in [0.5, 0.6) is 17.2 Å². The molecule has 0 bridgehead atoms. The molecule has 21 heteroatoms. The topological polar surface area (TPSA) is 261 Å². The van der Waals surface area contributed by atoms with E-state index in [0.717, 1.165) is 11.1 Å². The number of benzene rings is 4. The van der Waals surface area contributed by atoms with Gasteiger partial charge in [-0.3, -0.25) is 14.4 Å². The van der Waals surface area contributed by atoms with E-state index >= 15 is 0 Å². The van der Waals surface area contributed by atoms with Gasteiger partial charge >= 0.3 is 12.1 Å². The zero-order valence-corrected chi connectivity index (χ0v) is 48.5. The fourth-order valence-corrected chi connectivity index (χ4v) is 11.1. The monoisotopic (exact) mass is 1140 g/mol. The number of sulfonamides is 1. The number of methoxy groups -OCH3 is 2. The van der Waals surface area contributed by atoms with Gasteiger partial charge in [0, 0.05) is 37.2 Å². The molecule has 3 amide bonds. The van der Waals surface area contributed by atoms with Crippen molar-refractivity contribution in [2.45, 2.75) is 127 Å².